The first-order chi connectivity index (χ1) is 16.5. The van der Waals surface area contributed by atoms with Crippen LogP contribution in [0.4, 0.5) is 5.69 Å². The lowest BCUT2D eigenvalue weighted by molar-refractivity contribution is 0.312. The summed E-state index contributed by atoms with van der Waals surface area (Å²) in [6.07, 6.45) is 4.11. The maximum atomic E-state index is 5.82. The van der Waals surface area contributed by atoms with Gasteiger partial charge >= 0.3 is 0 Å². The number of aryl methyl sites for hydroxylation is 1. The average molecular weight is 476 g/mol. The van der Waals surface area contributed by atoms with Crippen molar-refractivity contribution in [2.75, 3.05) is 24.5 Å². The van der Waals surface area contributed by atoms with Gasteiger partial charge < -0.3 is 19.7 Å². The van der Waals surface area contributed by atoms with Crippen LogP contribution in [0, 0.1) is 13.8 Å². The summed E-state index contributed by atoms with van der Waals surface area (Å²) in [5.41, 5.74) is 7.29. The van der Waals surface area contributed by atoms with Crippen molar-refractivity contribution in [2.24, 2.45) is 0 Å². The average Bonchev–Trinajstić information content (AvgIpc) is 3.34. The Morgan fingerprint density at radius 1 is 1.03 bits per heavy atom. The molecule has 2 atom stereocenters. The van der Waals surface area contributed by atoms with E-state index in [4.69, 9.17) is 12.2 Å². The molecule has 0 unspecified atom stereocenters. The molecule has 1 saturated heterocycles. The maximum Gasteiger partial charge on any atom is 0.170 e. The van der Waals surface area contributed by atoms with Crippen molar-refractivity contribution >= 4 is 23.0 Å². The van der Waals surface area contributed by atoms with E-state index in [-0.39, 0.29) is 12.1 Å². The topological polar surface area (TPSA) is 36.3 Å². The van der Waals surface area contributed by atoms with Crippen molar-refractivity contribution in [3.05, 3.63) is 77.4 Å². The number of anilines is 1. The van der Waals surface area contributed by atoms with Crippen LogP contribution in [0.5, 0.6) is 0 Å². The Kier molecular flexibility index (Phi) is 7.57. The summed E-state index contributed by atoms with van der Waals surface area (Å²) in [4.78, 5) is 9.43. The normalized spacial score (nSPS) is 17.8. The molecule has 1 aromatic carbocycles. The molecular formula is C28H37N5S. The van der Waals surface area contributed by atoms with E-state index < -0.39 is 0 Å². The highest BCUT2D eigenvalue weighted by atomic mass is 32.1. The number of nitrogens with one attached hydrogen (secondary N) is 1. The molecule has 1 aliphatic rings. The third-order valence-electron chi connectivity index (χ3n) is 6.98. The minimum absolute atomic E-state index is 0.0320. The summed E-state index contributed by atoms with van der Waals surface area (Å²) in [5.74, 6) is 0. The monoisotopic (exact) mass is 475 g/mol. The van der Waals surface area contributed by atoms with Crippen molar-refractivity contribution < 1.29 is 0 Å². The molecule has 6 heteroatoms. The minimum Gasteiger partial charge on any atom is -0.372 e. The number of nitrogens with zero attached hydrogens (tertiary/aromatic N) is 4. The molecule has 0 radical (unpaired) electrons. The molecule has 0 amide bonds. The Labute approximate surface area is 209 Å². The SMILES string of the molecule is CCCCN1C(=S)N[C@H](c2ccccn2)[C@@H]1c1cc(C)n(-c2ccc(N(CC)CC)cc2)c1C. The van der Waals surface area contributed by atoms with Crippen LogP contribution in [-0.4, -0.2) is 39.2 Å². The molecule has 180 valence electrons. The van der Waals surface area contributed by atoms with Gasteiger partial charge in [-0.3, -0.25) is 4.98 Å². The number of aromatic nitrogens is 2. The van der Waals surface area contributed by atoms with Crippen molar-refractivity contribution in [1.29, 1.82) is 0 Å². The first kappa shape index (κ1) is 24.3. The third-order valence-corrected chi connectivity index (χ3v) is 7.33. The standard InChI is InChI=1S/C28H37N5S/c1-6-9-18-32-27(26(30-28(32)34)25-12-10-11-17-29-25)24-19-20(4)33(21(24)5)23-15-13-22(14-16-23)31(7-2)8-3/h10-17,19,26-27H,6-9,18H2,1-5H3,(H,30,34)/t26-,27+/m1/s1. The molecule has 3 heterocycles. The largest absolute Gasteiger partial charge is 0.372 e. The molecule has 1 aliphatic heterocycles. The Morgan fingerprint density at radius 2 is 1.76 bits per heavy atom. The Balaban J connectivity index is 1.75. The highest BCUT2D eigenvalue weighted by Crippen LogP contribution is 2.41. The molecule has 0 aliphatic carbocycles. The van der Waals surface area contributed by atoms with E-state index in [0.717, 1.165) is 43.3 Å². The van der Waals surface area contributed by atoms with Crippen LogP contribution in [0.2, 0.25) is 0 Å². The van der Waals surface area contributed by atoms with E-state index >= 15 is 0 Å². The van der Waals surface area contributed by atoms with E-state index in [1.165, 1.54) is 28.3 Å². The molecule has 0 bridgehead atoms. The zero-order valence-corrected chi connectivity index (χ0v) is 21.9. The van der Waals surface area contributed by atoms with E-state index in [9.17, 15) is 0 Å². The minimum atomic E-state index is 0.0320. The van der Waals surface area contributed by atoms with Gasteiger partial charge in [-0.05, 0) is 94.4 Å². The number of pyridine rings is 1. The van der Waals surface area contributed by atoms with E-state index in [1.807, 2.05) is 12.3 Å². The fourth-order valence-corrected chi connectivity index (χ4v) is 5.53. The van der Waals surface area contributed by atoms with Crippen molar-refractivity contribution in [1.82, 2.24) is 19.8 Å². The fourth-order valence-electron chi connectivity index (χ4n) is 5.20. The lowest BCUT2D eigenvalue weighted by Gasteiger charge is -2.28. The number of benzene rings is 1. The second kappa shape index (κ2) is 10.6. The maximum absolute atomic E-state index is 5.82. The molecule has 1 N–H and O–H groups in total. The molecular weight excluding hydrogens is 438 g/mol. The van der Waals surface area contributed by atoms with Gasteiger partial charge in [-0.15, -0.1) is 0 Å². The van der Waals surface area contributed by atoms with Crippen LogP contribution in [-0.2, 0) is 0 Å². The van der Waals surface area contributed by atoms with Crippen molar-refractivity contribution in [3.63, 3.8) is 0 Å². The predicted octanol–water partition coefficient (Wildman–Crippen LogP) is 6.11. The first-order valence-electron chi connectivity index (χ1n) is 12.5. The van der Waals surface area contributed by atoms with Gasteiger partial charge in [0.05, 0.1) is 17.8 Å². The predicted molar refractivity (Wildman–Crippen MR) is 146 cm³/mol. The molecule has 0 spiro atoms. The zero-order chi connectivity index (χ0) is 24.2. The van der Waals surface area contributed by atoms with Crippen molar-refractivity contribution in [2.45, 2.75) is 59.5 Å². The van der Waals surface area contributed by atoms with Gasteiger partial charge in [0.1, 0.15) is 0 Å². The van der Waals surface area contributed by atoms with Gasteiger partial charge in [0.2, 0.25) is 0 Å². The molecule has 0 saturated carbocycles. The summed E-state index contributed by atoms with van der Waals surface area (Å²) in [6.45, 7) is 14.0. The fraction of sp³-hybridized carbons (Fsp3) is 0.429. The first-order valence-corrected chi connectivity index (χ1v) is 12.9. The van der Waals surface area contributed by atoms with Crippen molar-refractivity contribution in [3.8, 4) is 5.69 Å². The van der Waals surface area contributed by atoms with Gasteiger partial charge in [0, 0.05) is 48.6 Å². The molecule has 2 aromatic heterocycles. The lowest BCUT2D eigenvalue weighted by Crippen LogP contribution is -2.30. The van der Waals surface area contributed by atoms with Crippen LogP contribution >= 0.6 is 12.2 Å². The smallest absolute Gasteiger partial charge is 0.170 e. The Bertz CT molecular complexity index is 1100. The Morgan fingerprint density at radius 3 is 2.38 bits per heavy atom. The molecule has 1 fully saturated rings. The van der Waals surface area contributed by atoms with Crippen LogP contribution in [0.25, 0.3) is 5.69 Å². The highest BCUT2D eigenvalue weighted by Gasteiger charge is 2.41. The second-order valence-electron chi connectivity index (χ2n) is 9.02. The molecule has 3 aromatic rings. The van der Waals surface area contributed by atoms with Crippen LogP contribution in [0.3, 0.4) is 0 Å². The molecule has 34 heavy (non-hydrogen) atoms. The third kappa shape index (κ3) is 4.56. The summed E-state index contributed by atoms with van der Waals surface area (Å²) in [7, 11) is 0. The number of unbranched alkanes of at least 4 members (excludes halogenated alkanes) is 1. The van der Waals surface area contributed by atoms with E-state index in [1.54, 1.807) is 0 Å². The highest BCUT2D eigenvalue weighted by molar-refractivity contribution is 7.80. The Hall–Kier alpha value is -2.86. The summed E-state index contributed by atoms with van der Waals surface area (Å²) >= 11 is 5.82. The van der Waals surface area contributed by atoms with E-state index in [0.29, 0.717) is 0 Å². The summed E-state index contributed by atoms with van der Waals surface area (Å²) < 4.78 is 2.37. The van der Waals surface area contributed by atoms with Gasteiger partial charge in [-0.25, -0.2) is 0 Å². The second-order valence-corrected chi connectivity index (χ2v) is 9.41. The van der Waals surface area contributed by atoms with Gasteiger partial charge in [-0.1, -0.05) is 19.4 Å². The summed E-state index contributed by atoms with van der Waals surface area (Å²) in [6, 6.07) is 17.5. The number of rotatable bonds is 9. The molecule has 5 nitrogen and oxygen atoms in total. The van der Waals surface area contributed by atoms with E-state index in [2.05, 4.69) is 102 Å². The van der Waals surface area contributed by atoms with Crippen LogP contribution in [0.15, 0.2) is 54.7 Å². The van der Waals surface area contributed by atoms with Crippen LogP contribution < -0.4 is 10.2 Å². The quantitative estimate of drug-likeness (QED) is 0.378. The number of thiocarbonyl (C=S) groups is 1. The van der Waals surface area contributed by atoms with Gasteiger partial charge in [0.15, 0.2) is 5.11 Å². The van der Waals surface area contributed by atoms with Crippen LogP contribution in [0.1, 0.15) is 68.3 Å². The molecule has 4 rings (SSSR count). The summed E-state index contributed by atoms with van der Waals surface area (Å²) in [5, 5.41) is 4.41. The lowest BCUT2D eigenvalue weighted by atomic mass is 9.96. The van der Waals surface area contributed by atoms with Gasteiger partial charge in [-0.2, -0.15) is 0 Å². The van der Waals surface area contributed by atoms with Gasteiger partial charge in [0.25, 0.3) is 0 Å². The number of hydrogen-bond donors (Lipinski definition) is 1. The zero-order valence-electron chi connectivity index (χ0n) is 21.1. The number of hydrogen-bond acceptors (Lipinski definition) is 3.